The van der Waals surface area contributed by atoms with Crippen molar-refractivity contribution in [3.05, 3.63) is 0 Å². The fraction of sp³-hybridized carbons (Fsp3) is 1.00. The maximum Gasteiger partial charge on any atom is 0.00790 e. The van der Waals surface area contributed by atoms with Crippen LogP contribution >= 0.6 is 0 Å². The minimum absolute atomic E-state index is 0.619. The Labute approximate surface area is 82.5 Å². The smallest absolute Gasteiger partial charge is 0.00790 e. The van der Waals surface area contributed by atoms with E-state index in [0.29, 0.717) is 6.04 Å². The van der Waals surface area contributed by atoms with Crippen LogP contribution in [0.15, 0.2) is 0 Å². The van der Waals surface area contributed by atoms with Gasteiger partial charge in [-0.2, -0.15) is 0 Å². The third-order valence-corrected chi connectivity index (χ3v) is 2.76. The lowest BCUT2D eigenvalue weighted by molar-refractivity contribution is 0.475. The molecule has 1 rings (SSSR count). The SMILES string of the molecule is CC(C)NCCNCC1CCCC1. The minimum atomic E-state index is 0.619. The molecule has 0 radical (unpaired) electrons. The molecule has 1 aliphatic rings. The molecule has 78 valence electrons. The van der Waals surface area contributed by atoms with Gasteiger partial charge in [0.25, 0.3) is 0 Å². The molecular weight excluding hydrogens is 160 g/mol. The molecule has 1 fully saturated rings. The largest absolute Gasteiger partial charge is 0.315 e. The van der Waals surface area contributed by atoms with E-state index in [1.54, 1.807) is 0 Å². The number of hydrogen-bond acceptors (Lipinski definition) is 2. The lowest BCUT2D eigenvalue weighted by Crippen LogP contribution is -2.33. The molecule has 0 atom stereocenters. The van der Waals surface area contributed by atoms with Crippen LogP contribution < -0.4 is 10.6 Å². The Balaban J connectivity index is 1.83. The molecule has 0 aliphatic heterocycles. The summed E-state index contributed by atoms with van der Waals surface area (Å²) in [6.45, 7) is 7.84. The van der Waals surface area contributed by atoms with E-state index >= 15 is 0 Å². The van der Waals surface area contributed by atoms with Crippen LogP contribution in [-0.2, 0) is 0 Å². The summed E-state index contributed by atoms with van der Waals surface area (Å²) in [6.07, 6.45) is 5.81. The molecule has 2 N–H and O–H groups in total. The van der Waals surface area contributed by atoms with Crippen LogP contribution in [0.5, 0.6) is 0 Å². The highest BCUT2D eigenvalue weighted by Gasteiger charge is 2.13. The predicted octanol–water partition coefficient (Wildman–Crippen LogP) is 1.76. The van der Waals surface area contributed by atoms with E-state index < -0.39 is 0 Å². The Morgan fingerprint density at radius 3 is 2.46 bits per heavy atom. The average molecular weight is 184 g/mol. The molecule has 2 heteroatoms. The van der Waals surface area contributed by atoms with Crippen LogP contribution in [0, 0.1) is 5.92 Å². The number of hydrogen-bond donors (Lipinski definition) is 2. The first-order valence-electron chi connectivity index (χ1n) is 5.73. The van der Waals surface area contributed by atoms with Crippen molar-refractivity contribution in [1.82, 2.24) is 10.6 Å². The predicted molar refractivity (Wildman–Crippen MR) is 58.0 cm³/mol. The van der Waals surface area contributed by atoms with E-state index in [9.17, 15) is 0 Å². The molecule has 0 heterocycles. The molecule has 0 unspecified atom stereocenters. The summed E-state index contributed by atoms with van der Waals surface area (Å²) in [5, 5.41) is 6.93. The van der Waals surface area contributed by atoms with E-state index in [1.807, 2.05) is 0 Å². The van der Waals surface area contributed by atoms with Crippen molar-refractivity contribution < 1.29 is 0 Å². The zero-order chi connectivity index (χ0) is 9.52. The van der Waals surface area contributed by atoms with E-state index in [-0.39, 0.29) is 0 Å². The van der Waals surface area contributed by atoms with Crippen LogP contribution in [-0.4, -0.2) is 25.7 Å². The van der Waals surface area contributed by atoms with Gasteiger partial charge >= 0.3 is 0 Å². The van der Waals surface area contributed by atoms with Gasteiger partial charge in [0.1, 0.15) is 0 Å². The van der Waals surface area contributed by atoms with Gasteiger partial charge in [-0.1, -0.05) is 26.7 Å². The molecule has 0 spiro atoms. The average Bonchev–Trinajstić information content (AvgIpc) is 2.55. The van der Waals surface area contributed by atoms with Gasteiger partial charge in [-0.25, -0.2) is 0 Å². The van der Waals surface area contributed by atoms with E-state index in [1.165, 1.54) is 32.2 Å². The molecule has 2 nitrogen and oxygen atoms in total. The maximum absolute atomic E-state index is 3.52. The molecule has 0 aromatic rings. The second kappa shape index (κ2) is 6.39. The Hall–Kier alpha value is -0.0800. The fourth-order valence-corrected chi connectivity index (χ4v) is 1.97. The normalized spacial score (nSPS) is 18.7. The summed E-state index contributed by atoms with van der Waals surface area (Å²) >= 11 is 0. The summed E-state index contributed by atoms with van der Waals surface area (Å²) in [7, 11) is 0. The van der Waals surface area contributed by atoms with E-state index in [0.717, 1.165) is 19.0 Å². The van der Waals surface area contributed by atoms with E-state index in [2.05, 4.69) is 24.5 Å². The molecule has 0 aromatic heterocycles. The van der Waals surface area contributed by atoms with Gasteiger partial charge < -0.3 is 10.6 Å². The lowest BCUT2D eigenvalue weighted by atomic mass is 10.1. The Morgan fingerprint density at radius 2 is 1.85 bits per heavy atom. The molecular formula is C11H24N2. The van der Waals surface area contributed by atoms with Crippen molar-refractivity contribution in [2.75, 3.05) is 19.6 Å². The zero-order valence-corrected chi connectivity index (χ0v) is 9.10. The van der Waals surface area contributed by atoms with Crippen molar-refractivity contribution >= 4 is 0 Å². The van der Waals surface area contributed by atoms with Gasteiger partial charge in [0.15, 0.2) is 0 Å². The van der Waals surface area contributed by atoms with Gasteiger partial charge in [0, 0.05) is 19.1 Å². The van der Waals surface area contributed by atoms with Crippen LogP contribution in [0.4, 0.5) is 0 Å². The highest BCUT2D eigenvalue weighted by molar-refractivity contribution is 4.69. The van der Waals surface area contributed by atoms with Crippen LogP contribution in [0.2, 0.25) is 0 Å². The minimum Gasteiger partial charge on any atom is -0.315 e. The van der Waals surface area contributed by atoms with Gasteiger partial charge in [-0.15, -0.1) is 0 Å². The van der Waals surface area contributed by atoms with Gasteiger partial charge in [-0.05, 0) is 25.3 Å². The van der Waals surface area contributed by atoms with Crippen molar-refractivity contribution in [2.24, 2.45) is 5.92 Å². The summed E-state index contributed by atoms with van der Waals surface area (Å²) in [6, 6.07) is 0.619. The highest BCUT2D eigenvalue weighted by atomic mass is 15.0. The van der Waals surface area contributed by atoms with E-state index in [4.69, 9.17) is 0 Å². The van der Waals surface area contributed by atoms with Crippen molar-refractivity contribution in [3.8, 4) is 0 Å². The first kappa shape index (κ1) is 11.0. The summed E-state index contributed by atoms with van der Waals surface area (Å²) in [5.74, 6) is 0.971. The highest BCUT2D eigenvalue weighted by Crippen LogP contribution is 2.23. The maximum atomic E-state index is 3.52. The summed E-state index contributed by atoms with van der Waals surface area (Å²) < 4.78 is 0. The third-order valence-electron chi connectivity index (χ3n) is 2.76. The van der Waals surface area contributed by atoms with Crippen LogP contribution in [0.25, 0.3) is 0 Å². The topological polar surface area (TPSA) is 24.1 Å². The van der Waals surface area contributed by atoms with Crippen molar-refractivity contribution in [1.29, 1.82) is 0 Å². The summed E-state index contributed by atoms with van der Waals surface area (Å²) in [4.78, 5) is 0. The Bertz CT molecular complexity index is 117. The van der Waals surface area contributed by atoms with Gasteiger partial charge in [0.05, 0.1) is 0 Å². The number of rotatable bonds is 6. The molecule has 0 bridgehead atoms. The Kier molecular flexibility index (Phi) is 5.40. The lowest BCUT2D eigenvalue weighted by Gasteiger charge is -2.12. The quantitative estimate of drug-likeness (QED) is 0.615. The molecule has 1 aliphatic carbocycles. The standard InChI is InChI=1S/C11H24N2/c1-10(2)13-8-7-12-9-11-5-3-4-6-11/h10-13H,3-9H2,1-2H3. The second-order valence-electron chi connectivity index (χ2n) is 4.46. The first-order chi connectivity index (χ1) is 6.29. The molecule has 0 saturated heterocycles. The van der Waals surface area contributed by atoms with Crippen LogP contribution in [0.3, 0.4) is 0 Å². The Morgan fingerprint density at radius 1 is 1.15 bits per heavy atom. The molecule has 13 heavy (non-hydrogen) atoms. The first-order valence-corrected chi connectivity index (χ1v) is 5.73. The monoisotopic (exact) mass is 184 g/mol. The van der Waals surface area contributed by atoms with Crippen molar-refractivity contribution in [2.45, 2.75) is 45.6 Å². The fourth-order valence-electron chi connectivity index (χ4n) is 1.97. The third kappa shape index (κ3) is 5.27. The van der Waals surface area contributed by atoms with Crippen molar-refractivity contribution in [3.63, 3.8) is 0 Å². The number of nitrogens with one attached hydrogen (secondary N) is 2. The summed E-state index contributed by atoms with van der Waals surface area (Å²) in [5.41, 5.74) is 0. The molecule has 1 saturated carbocycles. The molecule has 0 aromatic carbocycles. The van der Waals surface area contributed by atoms with Crippen LogP contribution in [0.1, 0.15) is 39.5 Å². The second-order valence-corrected chi connectivity index (χ2v) is 4.46. The zero-order valence-electron chi connectivity index (χ0n) is 9.10. The molecule has 0 amide bonds. The van der Waals surface area contributed by atoms with Gasteiger partial charge in [-0.3, -0.25) is 0 Å². The van der Waals surface area contributed by atoms with Gasteiger partial charge in [0.2, 0.25) is 0 Å².